The van der Waals surface area contributed by atoms with Crippen molar-refractivity contribution in [1.29, 1.82) is 0 Å². The monoisotopic (exact) mass is 470 g/mol. The number of halogens is 2. The van der Waals surface area contributed by atoms with E-state index in [1.54, 1.807) is 19.1 Å². The first-order chi connectivity index (χ1) is 16.6. The Morgan fingerprint density at radius 3 is 2.06 bits per heavy atom. The maximum absolute atomic E-state index is 14.6. The predicted octanol–water partition coefficient (Wildman–Crippen LogP) is 9.52. The summed E-state index contributed by atoms with van der Waals surface area (Å²) in [6.45, 7) is 4.36. The number of hydrogen-bond acceptors (Lipinski definition) is 1. The van der Waals surface area contributed by atoms with Gasteiger partial charge < -0.3 is 4.74 Å². The van der Waals surface area contributed by atoms with Gasteiger partial charge in [0.2, 0.25) is 5.82 Å². The Morgan fingerprint density at radius 2 is 1.47 bits per heavy atom. The topological polar surface area (TPSA) is 9.23 Å². The number of unbranched alkanes of at least 4 members (excludes halogenated alkanes) is 1. The van der Waals surface area contributed by atoms with Crippen LogP contribution in [0.2, 0.25) is 0 Å². The van der Waals surface area contributed by atoms with E-state index in [1.165, 1.54) is 64.2 Å². The predicted molar refractivity (Wildman–Crippen MR) is 138 cm³/mol. The second kappa shape index (κ2) is 12.4. The van der Waals surface area contributed by atoms with Gasteiger partial charge in [-0.3, -0.25) is 0 Å². The van der Waals surface area contributed by atoms with Crippen molar-refractivity contribution in [2.24, 2.45) is 29.6 Å². The van der Waals surface area contributed by atoms with Crippen LogP contribution in [0.1, 0.15) is 103 Å². The molecule has 0 amide bonds. The number of ether oxygens (including phenoxy) is 1. The number of benzene rings is 1. The molecule has 0 spiro atoms. The molecule has 1 nitrogen and oxygen atoms in total. The lowest BCUT2D eigenvalue weighted by atomic mass is 9.66. The minimum atomic E-state index is -0.855. The molecule has 3 heteroatoms. The van der Waals surface area contributed by atoms with Crippen LogP contribution in [0, 0.1) is 41.2 Å². The van der Waals surface area contributed by atoms with E-state index in [-0.39, 0.29) is 5.75 Å². The summed E-state index contributed by atoms with van der Waals surface area (Å²) in [6.07, 6.45) is 23.7. The highest BCUT2D eigenvalue weighted by molar-refractivity contribution is 5.67. The first kappa shape index (κ1) is 25.5. The van der Waals surface area contributed by atoms with Crippen molar-refractivity contribution in [1.82, 2.24) is 0 Å². The largest absolute Gasteiger partial charge is 0.491 e. The third-order valence-electron chi connectivity index (χ3n) is 8.97. The summed E-state index contributed by atoms with van der Waals surface area (Å²) in [4.78, 5) is 0. The second-order valence-electron chi connectivity index (χ2n) is 11.0. The van der Waals surface area contributed by atoms with E-state index in [2.05, 4.69) is 25.2 Å². The third-order valence-corrected chi connectivity index (χ3v) is 8.97. The van der Waals surface area contributed by atoms with Crippen molar-refractivity contribution in [3.8, 4) is 5.75 Å². The molecule has 188 valence electrons. The molecule has 1 aromatic rings. The molecule has 3 aliphatic rings. The Kier molecular flexibility index (Phi) is 9.25. The molecule has 0 aromatic heterocycles. The quantitative estimate of drug-likeness (QED) is 0.344. The molecule has 2 saturated carbocycles. The molecule has 0 N–H and O–H groups in total. The lowest BCUT2D eigenvalue weighted by Crippen LogP contribution is -2.28. The molecule has 0 heterocycles. The van der Waals surface area contributed by atoms with Crippen LogP contribution in [0.25, 0.3) is 5.57 Å². The molecule has 0 bridgehead atoms. The van der Waals surface area contributed by atoms with Gasteiger partial charge in [0.05, 0.1) is 6.61 Å². The van der Waals surface area contributed by atoms with E-state index in [0.29, 0.717) is 18.1 Å². The van der Waals surface area contributed by atoms with E-state index in [1.807, 2.05) is 0 Å². The Hall–Kier alpha value is -1.64. The molecule has 0 saturated heterocycles. The summed E-state index contributed by atoms with van der Waals surface area (Å²) < 4.78 is 34.2. The van der Waals surface area contributed by atoms with Crippen LogP contribution < -0.4 is 4.74 Å². The maximum Gasteiger partial charge on any atom is 0.201 e. The summed E-state index contributed by atoms with van der Waals surface area (Å²) >= 11 is 0. The molecule has 1 unspecified atom stereocenters. The average Bonchev–Trinajstić information content (AvgIpc) is 2.88. The Bertz CT molecular complexity index is 841. The Balaban J connectivity index is 1.25. The van der Waals surface area contributed by atoms with Crippen LogP contribution in [-0.2, 0) is 0 Å². The van der Waals surface area contributed by atoms with Gasteiger partial charge in [0, 0.05) is 5.56 Å². The fourth-order valence-corrected chi connectivity index (χ4v) is 6.93. The van der Waals surface area contributed by atoms with Crippen molar-refractivity contribution in [2.75, 3.05) is 6.61 Å². The Morgan fingerprint density at radius 1 is 0.824 bits per heavy atom. The lowest BCUT2D eigenvalue weighted by molar-refractivity contribution is 0.128. The van der Waals surface area contributed by atoms with Crippen LogP contribution >= 0.6 is 0 Å². The highest BCUT2D eigenvalue weighted by atomic mass is 19.2. The normalized spacial score (nSPS) is 30.4. The first-order valence-corrected chi connectivity index (χ1v) is 14.1. The number of hydrogen-bond donors (Lipinski definition) is 0. The summed E-state index contributed by atoms with van der Waals surface area (Å²) in [7, 11) is 0. The van der Waals surface area contributed by atoms with Gasteiger partial charge in [-0.25, -0.2) is 4.39 Å². The van der Waals surface area contributed by atoms with E-state index in [4.69, 9.17) is 4.74 Å². The highest BCUT2D eigenvalue weighted by Gasteiger charge is 2.33. The van der Waals surface area contributed by atoms with E-state index >= 15 is 0 Å². The minimum absolute atomic E-state index is 0.0104. The molecule has 1 aromatic carbocycles. The van der Waals surface area contributed by atoms with Crippen LogP contribution in [-0.4, -0.2) is 6.61 Å². The van der Waals surface area contributed by atoms with Crippen LogP contribution in [0.5, 0.6) is 5.75 Å². The van der Waals surface area contributed by atoms with Crippen molar-refractivity contribution < 1.29 is 13.5 Å². The number of rotatable bonds is 8. The molecular weight excluding hydrogens is 426 g/mol. The number of allylic oxidation sites excluding steroid dienone is 4. The smallest absolute Gasteiger partial charge is 0.201 e. The minimum Gasteiger partial charge on any atom is -0.491 e. The molecule has 3 aliphatic carbocycles. The SMILES string of the molecule is CCC/C=C/C1CCC(C2CCC(C3CC=C(c4ccc(OCC)c(F)c4F)CC3)CC2)CC1. The van der Waals surface area contributed by atoms with Gasteiger partial charge in [-0.2, -0.15) is 4.39 Å². The summed E-state index contributed by atoms with van der Waals surface area (Å²) in [5, 5.41) is 0. The van der Waals surface area contributed by atoms with Crippen molar-refractivity contribution in [2.45, 2.75) is 97.3 Å². The Labute approximate surface area is 206 Å². The molecule has 0 radical (unpaired) electrons. The summed E-state index contributed by atoms with van der Waals surface area (Å²) in [6, 6.07) is 3.26. The molecule has 2 fully saturated rings. The molecule has 34 heavy (non-hydrogen) atoms. The highest BCUT2D eigenvalue weighted by Crippen LogP contribution is 2.46. The summed E-state index contributed by atoms with van der Waals surface area (Å²) in [5.74, 6) is 2.63. The molecule has 0 aliphatic heterocycles. The average molecular weight is 471 g/mol. The maximum atomic E-state index is 14.6. The van der Waals surface area contributed by atoms with Gasteiger partial charge in [-0.15, -0.1) is 0 Å². The van der Waals surface area contributed by atoms with Crippen molar-refractivity contribution in [3.05, 3.63) is 47.6 Å². The zero-order valence-corrected chi connectivity index (χ0v) is 21.3. The summed E-state index contributed by atoms with van der Waals surface area (Å²) in [5.41, 5.74) is 1.39. The third kappa shape index (κ3) is 6.13. The van der Waals surface area contributed by atoms with Crippen molar-refractivity contribution in [3.63, 3.8) is 0 Å². The van der Waals surface area contributed by atoms with Gasteiger partial charge >= 0.3 is 0 Å². The second-order valence-corrected chi connectivity index (χ2v) is 11.0. The standard InChI is InChI=1S/C31H44F2O/c1-3-5-6-7-22-8-10-23(11-9-22)24-12-14-25(15-13-24)26-16-18-27(19-17-26)28-20-21-29(34-4-2)31(33)30(28)32/h6-7,18,20-26H,3-5,8-17,19H2,1-2H3/b7-6+. The van der Waals surface area contributed by atoms with Gasteiger partial charge in [-0.05, 0) is 131 Å². The van der Waals surface area contributed by atoms with Crippen LogP contribution in [0.15, 0.2) is 30.4 Å². The molecule has 1 atom stereocenters. The first-order valence-electron chi connectivity index (χ1n) is 14.1. The fraction of sp³-hybridized carbons (Fsp3) is 0.677. The van der Waals surface area contributed by atoms with E-state index in [0.717, 1.165) is 48.5 Å². The van der Waals surface area contributed by atoms with E-state index in [9.17, 15) is 8.78 Å². The van der Waals surface area contributed by atoms with Crippen molar-refractivity contribution >= 4 is 5.57 Å². The fourth-order valence-electron chi connectivity index (χ4n) is 6.93. The molecule has 4 rings (SSSR count). The van der Waals surface area contributed by atoms with Gasteiger partial charge in [0.25, 0.3) is 0 Å². The van der Waals surface area contributed by atoms with Crippen LogP contribution in [0.4, 0.5) is 8.78 Å². The zero-order valence-electron chi connectivity index (χ0n) is 21.3. The lowest BCUT2D eigenvalue weighted by Gasteiger charge is -2.40. The van der Waals surface area contributed by atoms with Gasteiger partial charge in [-0.1, -0.05) is 31.6 Å². The zero-order chi connectivity index (χ0) is 23.9. The molecular formula is C31H44F2O. The van der Waals surface area contributed by atoms with Gasteiger partial charge in [0.15, 0.2) is 11.6 Å². The van der Waals surface area contributed by atoms with Gasteiger partial charge in [0.1, 0.15) is 0 Å². The van der Waals surface area contributed by atoms with Crippen LogP contribution in [0.3, 0.4) is 0 Å². The van der Waals surface area contributed by atoms with E-state index < -0.39 is 11.6 Å².